The van der Waals surface area contributed by atoms with Crippen LogP contribution in [0.1, 0.15) is 42.6 Å². The molecular weight excluding hydrogens is 290 g/mol. The van der Waals surface area contributed by atoms with Crippen LogP contribution >= 0.6 is 15.9 Å². The number of benzene rings is 1. The van der Waals surface area contributed by atoms with Crippen molar-refractivity contribution in [3.05, 3.63) is 33.8 Å². The number of hydrogen-bond donors (Lipinski definition) is 0. The molecule has 0 aliphatic carbocycles. The number of carbonyl (C=O) groups is 1. The smallest absolute Gasteiger partial charge is 0.255 e. The Hall–Kier alpha value is -0.830. The third-order valence-electron chi connectivity index (χ3n) is 3.76. The Labute approximate surface area is 117 Å². The summed E-state index contributed by atoms with van der Waals surface area (Å²) in [5.74, 6) is 0.154. The fraction of sp³-hybridized carbons (Fsp3) is 0.533. The van der Waals surface area contributed by atoms with Crippen molar-refractivity contribution in [3.63, 3.8) is 0 Å². The predicted octanol–water partition coefficient (Wildman–Crippen LogP) is 4.02. The predicted molar refractivity (Wildman–Crippen MR) is 77.8 cm³/mol. The molecule has 1 fully saturated rings. The van der Waals surface area contributed by atoms with E-state index in [1.54, 1.807) is 0 Å². The maximum atomic E-state index is 12.5. The van der Waals surface area contributed by atoms with Crippen LogP contribution in [0.2, 0.25) is 0 Å². The van der Waals surface area contributed by atoms with Crippen molar-refractivity contribution in [3.8, 4) is 0 Å². The summed E-state index contributed by atoms with van der Waals surface area (Å²) in [6, 6.07) is 5.93. The summed E-state index contributed by atoms with van der Waals surface area (Å²) in [6.07, 6.45) is 2.17. The first-order valence-corrected chi connectivity index (χ1v) is 7.24. The van der Waals surface area contributed by atoms with Crippen LogP contribution < -0.4 is 0 Å². The Balaban J connectivity index is 2.15. The lowest BCUT2D eigenvalue weighted by Crippen LogP contribution is -2.41. The molecular formula is C15H20BrNO. The van der Waals surface area contributed by atoms with Gasteiger partial charge in [0.1, 0.15) is 0 Å². The molecule has 1 heterocycles. The second-order valence-electron chi connectivity index (χ2n) is 5.94. The van der Waals surface area contributed by atoms with Crippen molar-refractivity contribution < 1.29 is 4.79 Å². The van der Waals surface area contributed by atoms with Crippen molar-refractivity contribution in [1.82, 2.24) is 4.90 Å². The van der Waals surface area contributed by atoms with Gasteiger partial charge in [0.25, 0.3) is 5.91 Å². The van der Waals surface area contributed by atoms with Gasteiger partial charge in [-0.25, -0.2) is 0 Å². The van der Waals surface area contributed by atoms with Crippen molar-refractivity contribution in [2.45, 2.75) is 33.6 Å². The van der Waals surface area contributed by atoms with Gasteiger partial charge in [0.2, 0.25) is 0 Å². The lowest BCUT2D eigenvalue weighted by Gasteiger charge is -2.37. The molecule has 3 heteroatoms. The summed E-state index contributed by atoms with van der Waals surface area (Å²) in [4.78, 5) is 14.5. The van der Waals surface area contributed by atoms with E-state index in [2.05, 4.69) is 29.8 Å². The third-order valence-corrected chi connectivity index (χ3v) is 4.45. The number of rotatable bonds is 1. The molecule has 0 unspecified atom stereocenters. The monoisotopic (exact) mass is 309 g/mol. The van der Waals surface area contributed by atoms with Gasteiger partial charge in [-0.05, 0) is 53.2 Å². The quantitative estimate of drug-likeness (QED) is 0.767. The Morgan fingerprint density at radius 2 is 1.89 bits per heavy atom. The number of piperidine rings is 1. The second-order valence-corrected chi connectivity index (χ2v) is 6.79. The fourth-order valence-electron chi connectivity index (χ4n) is 2.29. The zero-order valence-electron chi connectivity index (χ0n) is 11.3. The molecule has 0 spiro atoms. The second kappa shape index (κ2) is 5.04. The van der Waals surface area contributed by atoms with Crippen LogP contribution in [-0.4, -0.2) is 23.9 Å². The van der Waals surface area contributed by atoms with E-state index in [4.69, 9.17) is 0 Å². The van der Waals surface area contributed by atoms with E-state index in [1.807, 2.05) is 30.0 Å². The molecule has 2 nitrogen and oxygen atoms in total. The third kappa shape index (κ3) is 2.94. The van der Waals surface area contributed by atoms with Crippen LogP contribution in [0.15, 0.2) is 22.7 Å². The molecule has 18 heavy (non-hydrogen) atoms. The summed E-state index contributed by atoms with van der Waals surface area (Å²) >= 11 is 3.47. The van der Waals surface area contributed by atoms with Gasteiger partial charge in [0, 0.05) is 17.6 Å². The molecule has 1 aromatic rings. The average Bonchev–Trinajstić information content (AvgIpc) is 2.31. The SMILES string of the molecule is Cc1ccc(Br)c(C(=O)N2CCC(C)(C)CC2)c1. The molecule has 0 saturated carbocycles. The first-order valence-electron chi connectivity index (χ1n) is 6.44. The van der Waals surface area contributed by atoms with E-state index in [0.29, 0.717) is 5.41 Å². The van der Waals surface area contributed by atoms with Crippen LogP contribution in [0.5, 0.6) is 0 Å². The average molecular weight is 310 g/mol. The number of halogens is 1. The van der Waals surface area contributed by atoms with Crippen LogP contribution in [0, 0.1) is 12.3 Å². The van der Waals surface area contributed by atoms with E-state index in [1.165, 1.54) is 0 Å². The van der Waals surface area contributed by atoms with Crippen molar-refractivity contribution in [2.75, 3.05) is 13.1 Å². The molecule has 1 amide bonds. The highest BCUT2D eigenvalue weighted by atomic mass is 79.9. The molecule has 0 bridgehead atoms. The summed E-state index contributed by atoms with van der Waals surface area (Å²) in [5.41, 5.74) is 2.29. The minimum atomic E-state index is 0.154. The molecule has 0 atom stereocenters. The van der Waals surface area contributed by atoms with Crippen LogP contribution in [-0.2, 0) is 0 Å². The minimum absolute atomic E-state index is 0.154. The Kier molecular flexibility index (Phi) is 3.81. The van der Waals surface area contributed by atoms with Gasteiger partial charge in [0.05, 0.1) is 5.56 Å². The normalized spacial score (nSPS) is 18.8. The number of likely N-dealkylation sites (tertiary alicyclic amines) is 1. The summed E-state index contributed by atoms with van der Waals surface area (Å²) in [5, 5.41) is 0. The van der Waals surface area contributed by atoms with E-state index in [9.17, 15) is 4.79 Å². The maximum Gasteiger partial charge on any atom is 0.255 e. The number of hydrogen-bond acceptors (Lipinski definition) is 1. The molecule has 2 rings (SSSR count). The Bertz CT molecular complexity index is 458. The topological polar surface area (TPSA) is 20.3 Å². The molecule has 0 radical (unpaired) electrons. The van der Waals surface area contributed by atoms with E-state index in [0.717, 1.165) is 41.5 Å². The Morgan fingerprint density at radius 3 is 2.50 bits per heavy atom. The van der Waals surface area contributed by atoms with Crippen LogP contribution in [0.4, 0.5) is 0 Å². The highest BCUT2D eigenvalue weighted by Gasteiger charge is 2.28. The zero-order valence-corrected chi connectivity index (χ0v) is 12.9. The molecule has 1 aliphatic heterocycles. The van der Waals surface area contributed by atoms with Crippen LogP contribution in [0.3, 0.4) is 0 Å². The molecule has 0 aromatic heterocycles. The van der Waals surface area contributed by atoms with Gasteiger partial charge in [-0.3, -0.25) is 4.79 Å². The van der Waals surface area contributed by atoms with Crippen LogP contribution in [0.25, 0.3) is 0 Å². The zero-order chi connectivity index (χ0) is 13.3. The van der Waals surface area contributed by atoms with E-state index >= 15 is 0 Å². The molecule has 0 N–H and O–H groups in total. The highest BCUT2D eigenvalue weighted by molar-refractivity contribution is 9.10. The van der Waals surface area contributed by atoms with Gasteiger partial charge in [-0.2, -0.15) is 0 Å². The number of aryl methyl sites for hydroxylation is 1. The molecule has 1 aliphatic rings. The largest absolute Gasteiger partial charge is 0.339 e. The molecule has 98 valence electrons. The first-order chi connectivity index (χ1) is 8.39. The lowest BCUT2D eigenvalue weighted by atomic mass is 9.82. The Morgan fingerprint density at radius 1 is 1.28 bits per heavy atom. The number of amides is 1. The first kappa shape index (κ1) is 13.6. The summed E-state index contributed by atoms with van der Waals surface area (Å²) < 4.78 is 0.892. The van der Waals surface area contributed by atoms with Gasteiger partial charge < -0.3 is 4.90 Å². The van der Waals surface area contributed by atoms with Crippen molar-refractivity contribution >= 4 is 21.8 Å². The van der Waals surface area contributed by atoms with Gasteiger partial charge in [-0.15, -0.1) is 0 Å². The minimum Gasteiger partial charge on any atom is -0.339 e. The molecule has 1 saturated heterocycles. The van der Waals surface area contributed by atoms with E-state index in [-0.39, 0.29) is 5.91 Å². The highest BCUT2D eigenvalue weighted by Crippen LogP contribution is 2.31. The fourth-order valence-corrected chi connectivity index (χ4v) is 2.70. The maximum absolute atomic E-state index is 12.5. The summed E-state index contributed by atoms with van der Waals surface area (Å²) in [6.45, 7) is 8.30. The van der Waals surface area contributed by atoms with Gasteiger partial charge in [0.15, 0.2) is 0 Å². The number of nitrogens with zero attached hydrogens (tertiary/aromatic N) is 1. The summed E-state index contributed by atoms with van der Waals surface area (Å²) in [7, 11) is 0. The van der Waals surface area contributed by atoms with Gasteiger partial charge in [-0.1, -0.05) is 25.5 Å². The van der Waals surface area contributed by atoms with E-state index < -0.39 is 0 Å². The molecule has 1 aromatic carbocycles. The van der Waals surface area contributed by atoms with Crippen molar-refractivity contribution in [2.24, 2.45) is 5.41 Å². The number of carbonyl (C=O) groups excluding carboxylic acids is 1. The standard InChI is InChI=1S/C15H20BrNO/c1-11-4-5-13(16)12(10-11)14(18)17-8-6-15(2,3)7-9-17/h4-5,10H,6-9H2,1-3H3. The van der Waals surface area contributed by atoms with Crippen molar-refractivity contribution in [1.29, 1.82) is 0 Å². The van der Waals surface area contributed by atoms with Gasteiger partial charge >= 0.3 is 0 Å². The lowest BCUT2D eigenvalue weighted by molar-refractivity contribution is 0.0629.